The third-order valence-corrected chi connectivity index (χ3v) is 5.31. The van der Waals surface area contributed by atoms with Crippen LogP contribution in [0.1, 0.15) is 39.2 Å². The van der Waals surface area contributed by atoms with E-state index >= 15 is 0 Å². The molecule has 150 valence electrons. The first-order chi connectivity index (χ1) is 13.3. The third-order valence-electron chi connectivity index (χ3n) is 5.31. The summed E-state index contributed by atoms with van der Waals surface area (Å²) in [4.78, 5) is 38.0. The van der Waals surface area contributed by atoms with Gasteiger partial charge in [-0.15, -0.1) is 0 Å². The molecule has 1 N–H and O–H groups in total. The molecule has 1 aliphatic carbocycles. The largest absolute Gasteiger partial charge is 0.492 e. The van der Waals surface area contributed by atoms with Crippen LogP contribution >= 0.6 is 0 Å². The molecule has 3 rings (SSSR count). The fourth-order valence-electron chi connectivity index (χ4n) is 3.63. The molecule has 0 spiro atoms. The van der Waals surface area contributed by atoms with Gasteiger partial charge in [-0.25, -0.2) is 0 Å². The summed E-state index contributed by atoms with van der Waals surface area (Å²) in [5.41, 5.74) is 1.31. The van der Waals surface area contributed by atoms with Gasteiger partial charge in [0, 0.05) is 0 Å². The molecule has 1 heterocycles. The van der Waals surface area contributed by atoms with E-state index in [4.69, 9.17) is 4.74 Å². The molecule has 0 bridgehead atoms. The van der Waals surface area contributed by atoms with Crippen molar-refractivity contribution in [1.29, 1.82) is 0 Å². The minimum Gasteiger partial charge on any atom is -0.492 e. The number of ether oxygens (including phenoxy) is 1. The molecule has 1 aromatic rings. The standard InChI is InChI=1S/C22H28N2O4/c1-22(2,3)15-8-10-16(11-9-15)28-13-12-23-19(25)14-24-20(26)17-6-4-5-7-18(17)21(24)27/h4-5,8-11,17-18H,6-7,12-14H2,1-3H3,(H,23,25)/t17-,18+. The molecule has 2 atom stereocenters. The van der Waals surface area contributed by atoms with Gasteiger partial charge in [0.15, 0.2) is 0 Å². The maximum absolute atomic E-state index is 12.4. The van der Waals surface area contributed by atoms with Gasteiger partial charge in [-0.1, -0.05) is 45.1 Å². The molecule has 1 aliphatic heterocycles. The molecule has 1 fully saturated rings. The number of carbonyl (C=O) groups excluding carboxylic acids is 3. The zero-order chi connectivity index (χ0) is 20.3. The van der Waals surface area contributed by atoms with Crippen molar-refractivity contribution in [3.05, 3.63) is 42.0 Å². The van der Waals surface area contributed by atoms with E-state index in [1.165, 1.54) is 5.56 Å². The van der Waals surface area contributed by atoms with Crippen molar-refractivity contribution in [2.75, 3.05) is 19.7 Å². The van der Waals surface area contributed by atoms with Gasteiger partial charge < -0.3 is 10.1 Å². The zero-order valence-electron chi connectivity index (χ0n) is 16.7. The van der Waals surface area contributed by atoms with Gasteiger partial charge >= 0.3 is 0 Å². The second-order valence-electron chi connectivity index (χ2n) is 8.39. The lowest BCUT2D eigenvalue weighted by molar-refractivity contribution is -0.143. The molecule has 0 saturated carbocycles. The second kappa shape index (κ2) is 8.17. The first kappa shape index (κ1) is 20.1. The quantitative estimate of drug-likeness (QED) is 0.464. The monoisotopic (exact) mass is 384 g/mol. The summed E-state index contributed by atoms with van der Waals surface area (Å²) in [5.74, 6) is -0.674. The number of allylic oxidation sites excluding steroid dienone is 2. The molecule has 0 radical (unpaired) electrons. The minimum atomic E-state index is -0.347. The maximum Gasteiger partial charge on any atom is 0.240 e. The van der Waals surface area contributed by atoms with Gasteiger partial charge in [0.05, 0.1) is 18.4 Å². The van der Waals surface area contributed by atoms with E-state index in [1.54, 1.807) is 0 Å². The Bertz CT molecular complexity index is 751. The highest BCUT2D eigenvalue weighted by Crippen LogP contribution is 2.34. The van der Waals surface area contributed by atoms with E-state index in [2.05, 4.69) is 26.1 Å². The highest BCUT2D eigenvalue weighted by molar-refractivity contribution is 6.07. The average molecular weight is 384 g/mol. The lowest BCUT2D eigenvalue weighted by Gasteiger charge is -2.19. The molecule has 6 heteroatoms. The summed E-state index contributed by atoms with van der Waals surface area (Å²) in [7, 11) is 0. The first-order valence-electron chi connectivity index (χ1n) is 9.77. The number of hydrogen-bond donors (Lipinski definition) is 1. The molecule has 1 saturated heterocycles. The lowest BCUT2D eigenvalue weighted by atomic mass is 9.85. The van der Waals surface area contributed by atoms with Crippen molar-refractivity contribution < 1.29 is 19.1 Å². The smallest absolute Gasteiger partial charge is 0.240 e. The number of nitrogens with zero attached hydrogens (tertiary/aromatic N) is 1. The highest BCUT2D eigenvalue weighted by Gasteiger charge is 2.47. The Morgan fingerprint density at radius 2 is 1.64 bits per heavy atom. The van der Waals surface area contributed by atoms with E-state index in [9.17, 15) is 14.4 Å². The third kappa shape index (κ3) is 4.43. The molecule has 2 aliphatic rings. The van der Waals surface area contributed by atoms with Crippen LogP contribution in [-0.4, -0.2) is 42.3 Å². The van der Waals surface area contributed by atoms with Gasteiger partial charge in [-0.3, -0.25) is 19.3 Å². The van der Waals surface area contributed by atoms with Crippen LogP contribution in [0.25, 0.3) is 0 Å². The normalized spacial score (nSPS) is 21.6. The number of hydrogen-bond acceptors (Lipinski definition) is 4. The summed E-state index contributed by atoms with van der Waals surface area (Å²) in [6.45, 7) is 6.87. The Labute approximate surface area is 165 Å². The van der Waals surface area contributed by atoms with E-state index < -0.39 is 0 Å². The van der Waals surface area contributed by atoms with Crippen LogP contribution in [0.2, 0.25) is 0 Å². The van der Waals surface area contributed by atoms with Gasteiger partial charge in [0.2, 0.25) is 17.7 Å². The number of rotatable bonds is 6. The highest BCUT2D eigenvalue weighted by atomic mass is 16.5. The molecule has 0 aromatic heterocycles. The van der Waals surface area contributed by atoms with Crippen molar-refractivity contribution >= 4 is 17.7 Å². The lowest BCUT2D eigenvalue weighted by Crippen LogP contribution is -2.42. The van der Waals surface area contributed by atoms with Gasteiger partial charge in [-0.05, 0) is 36.0 Å². The molecule has 0 unspecified atom stereocenters. The van der Waals surface area contributed by atoms with E-state index in [1.807, 2.05) is 36.4 Å². The summed E-state index contributed by atoms with van der Waals surface area (Å²) >= 11 is 0. The molecule has 6 nitrogen and oxygen atoms in total. The van der Waals surface area contributed by atoms with Gasteiger partial charge in [0.1, 0.15) is 18.9 Å². The fourth-order valence-corrected chi connectivity index (χ4v) is 3.63. The van der Waals surface area contributed by atoms with Crippen molar-refractivity contribution in [1.82, 2.24) is 10.2 Å². The number of amides is 3. The van der Waals surface area contributed by atoms with Crippen molar-refractivity contribution in [2.24, 2.45) is 11.8 Å². The number of benzene rings is 1. The predicted molar refractivity (Wildman–Crippen MR) is 106 cm³/mol. The van der Waals surface area contributed by atoms with E-state index in [0.717, 1.165) is 10.6 Å². The Morgan fingerprint density at radius 3 is 2.18 bits per heavy atom. The summed E-state index contributed by atoms with van der Waals surface area (Å²) in [6, 6.07) is 7.90. The van der Waals surface area contributed by atoms with Gasteiger partial charge in [-0.2, -0.15) is 0 Å². The average Bonchev–Trinajstić information content (AvgIpc) is 2.90. The van der Waals surface area contributed by atoms with Crippen molar-refractivity contribution in [3.63, 3.8) is 0 Å². The number of carbonyl (C=O) groups is 3. The molecule has 28 heavy (non-hydrogen) atoms. The SMILES string of the molecule is CC(C)(C)c1ccc(OCCNC(=O)CN2C(=O)[C@H]3CC=CC[C@H]3C2=O)cc1. The molecule has 1 aromatic carbocycles. The minimum absolute atomic E-state index is 0.0878. The Hall–Kier alpha value is -2.63. The van der Waals surface area contributed by atoms with Crippen LogP contribution in [0.5, 0.6) is 5.75 Å². The topological polar surface area (TPSA) is 75.7 Å². The second-order valence-corrected chi connectivity index (χ2v) is 8.39. The Kier molecular flexibility index (Phi) is 5.87. The summed E-state index contributed by atoms with van der Waals surface area (Å²) in [6.07, 6.45) is 5.02. The summed E-state index contributed by atoms with van der Waals surface area (Å²) in [5, 5.41) is 2.71. The van der Waals surface area contributed by atoms with Crippen LogP contribution in [0.3, 0.4) is 0 Å². The van der Waals surface area contributed by atoms with Crippen LogP contribution in [0.4, 0.5) is 0 Å². The van der Waals surface area contributed by atoms with Crippen molar-refractivity contribution in [3.8, 4) is 5.75 Å². The number of imide groups is 1. The van der Waals surface area contributed by atoms with Gasteiger partial charge in [0.25, 0.3) is 0 Å². The van der Waals surface area contributed by atoms with Crippen LogP contribution in [-0.2, 0) is 19.8 Å². The zero-order valence-corrected chi connectivity index (χ0v) is 16.7. The number of nitrogens with one attached hydrogen (secondary N) is 1. The molecular weight excluding hydrogens is 356 g/mol. The molecular formula is C22H28N2O4. The first-order valence-corrected chi connectivity index (χ1v) is 9.77. The van der Waals surface area contributed by atoms with Crippen LogP contribution in [0.15, 0.2) is 36.4 Å². The number of likely N-dealkylation sites (tertiary alicyclic amines) is 1. The Balaban J connectivity index is 1.41. The predicted octanol–water partition coefficient (Wildman–Crippen LogP) is 2.43. The number of fused-ring (bicyclic) bond motifs is 1. The van der Waals surface area contributed by atoms with Crippen LogP contribution < -0.4 is 10.1 Å². The van der Waals surface area contributed by atoms with E-state index in [-0.39, 0.29) is 41.5 Å². The Morgan fingerprint density at radius 1 is 1.07 bits per heavy atom. The van der Waals surface area contributed by atoms with E-state index in [0.29, 0.717) is 26.0 Å². The maximum atomic E-state index is 12.4. The molecule has 3 amide bonds. The van der Waals surface area contributed by atoms with Crippen molar-refractivity contribution in [2.45, 2.75) is 39.0 Å². The summed E-state index contributed by atoms with van der Waals surface area (Å²) < 4.78 is 5.64. The van der Waals surface area contributed by atoms with Crippen LogP contribution in [0, 0.1) is 11.8 Å². The fraction of sp³-hybridized carbons (Fsp3) is 0.500.